The lowest BCUT2D eigenvalue weighted by Gasteiger charge is -2.06. The lowest BCUT2D eigenvalue weighted by molar-refractivity contribution is -0.145. The largest absolute Gasteiger partial charge is 0.497 e. The number of benzene rings is 2. The molecule has 0 aliphatic heterocycles. The van der Waals surface area contributed by atoms with Crippen molar-refractivity contribution in [2.45, 2.75) is 4.34 Å². The van der Waals surface area contributed by atoms with Crippen LogP contribution in [-0.4, -0.2) is 42.2 Å². The van der Waals surface area contributed by atoms with Gasteiger partial charge >= 0.3 is 5.97 Å². The first-order chi connectivity index (χ1) is 13.5. The lowest BCUT2D eigenvalue weighted by Crippen LogP contribution is -2.34. The molecule has 0 aliphatic carbocycles. The van der Waals surface area contributed by atoms with E-state index in [4.69, 9.17) is 9.47 Å². The minimum Gasteiger partial charge on any atom is -0.497 e. The number of nitrogens with zero attached hydrogens (tertiary/aromatic N) is 1. The van der Waals surface area contributed by atoms with E-state index in [9.17, 15) is 14.4 Å². The molecule has 9 heteroatoms. The van der Waals surface area contributed by atoms with Crippen molar-refractivity contribution in [2.24, 2.45) is 0 Å². The van der Waals surface area contributed by atoms with Crippen molar-refractivity contribution in [1.29, 1.82) is 0 Å². The number of thiazole rings is 1. The summed E-state index contributed by atoms with van der Waals surface area (Å²) in [6.45, 7) is -0.527. The third-order valence-corrected chi connectivity index (χ3v) is 5.71. The molecule has 2 amide bonds. The van der Waals surface area contributed by atoms with Crippen LogP contribution in [-0.2, 0) is 14.3 Å². The number of imide groups is 1. The fraction of sp³-hybridized carbons (Fsp3) is 0.158. The van der Waals surface area contributed by atoms with E-state index in [2.05, 4.69) is 10.3 Å². The Morgan fingerprint density at radius 3 is 2.57 bits per heavy atom. The Morgan fingerprint density at radius 2 is 1.86 bits per heavy atom. The van der Waals surface area contributed by atoms with Gasteiger partial charge < -0.3 is 9.47 Å². The zero-order chi connectivity index (χ0) is 19.9. The van der Waals surface area contributed by atoms with Crippen molar-refractivity contribution in [2.75, 3.05) is 19.5 Å². The number of esters is 1. The number of hydrogen-bond acceptors (Lipinski definition) is 8. The molecule has 0 fully saturated rings. The van der Waals surface area contributed by atoms with E-state index in [0.29, 0.717) is 11.3 Å². The summed E-state index contributed by atoms with van der Waals surface area (Å²) in [4.78, 5) is 40.0. The van der Waals surface area contributed by atoms with Gasteiger partial charge in [-0.25, -0.2) is 4.98 Å². The third-order valence-electron chi connectivity index (χ3n) is 3.56. The number of nitrogens with one attached hydrogen (secondary N) is 1. The average molecular weight is 416 g/mol. The van der Waals surface area contributed by atoms with Crippen LogP contribution in [0.3, 0.4) is 0 Å². The summed E-state index contributed by atoms with van der Waals surface area (Å²) < 4.78 is 11.7. The van der Waals surface area contributed by atoms with Crippen molar-refractivity contribution >= 4 is 51.1 Å². The molecule has 3 aromatic rings. The first kappa shape index (κ1) is 19.8. The van der Waals surface area contributed by atoms with E-state index < -0.39 is 24.4 Å². The van der Waals surface area contributed by atoms with E-state index in [-0.39, 0.29) is 5.75 Å². The number of amides is 2. The van der Waals surface area contributed by atoms with Gasteiger partial charge in [0.1, 0.15) is 5.75 Å². The molecule has 144 valence electrons. The van der Waals surface area contributed by atoms with Gasteiger partial charge in [-0.3, -0.25) is 19.7 Å². The number of methoxy groups -OCH3 is 1. The van der Waals surface area contributed by atoms with Crippen LogP contribution in [0, 0.1) is 0 Å². The zero-order valence-corrected chi connectivity index (χ0v) is 16.5. The van der Waals surface area contributed by atoms with E-state index in [1.165, 1.54) is 42.3 Å². The number of thioether (sulfide) groups is 1. The highest BCUT2D eigenvalue weighted by atomic mass is 32.2. The topological polar surface area (TPSA) is 94.6 Å². The molecule has 1 heterocycles. The number of carbonyl (C=O) groups is 3. The van der Waals surface area contributed by atoms with Gasteiger partial charge in [0, 0.05) is 5.56 Å². The van der Waals surface area contributed by atoms with Gasteiger partial charge in [-0.05, 0) is 36.4 Å². The molecule has 3 rings (SSSR count). The average Bonchev–Trinajstić information content (AvgIpc) is 3.13. The SMILES string of the molecule is COc1ccc(C(=O)NC(=O)COC(=O)CSc2nc3ccccc3s2)cc1. The molecule has 2 aromatic carbocycles. The maximum atomic E-state index is 12.0. The summed E-state index contributed by atoms with van der Waals surface area (Å²) in [7, 11) is 1.52. The zero-order valence-electron chi connectivity index (χ0n) is 14.8. The van der Waals surface area contributed by atoms with E-state index in [1.54, 1.807) is 12.1 Å². The predicted molar refractivity (Wildman–Crippen MR) is 107 cm³/mol. The first-order valence-electron chi connectivity index (χ1n) is 8.17. The van der Waals surface area contributed by atoms with Gasteiger partial charge in [0.25, 0.3) is 11.8 Å². The Labute approximate surface area is 169 Å². The van der Waals surface area contributed by atoms with Crippen molar-refractivity contribution in [3.8, 4) is 5.75 Å². The first-order valence-corrected chi connectivity index (χ1v) is 9.97. The Kier molecular flexibility index (Phi) is 6.62. The monoisotopic (exact) mass is 416 g/mol. The fourth-order valence-corrected chi connectivity index (χ4v) is 4.06. The highest BCUT2D eigenvalue weighted by Crippen LogP contribution is 2.29. The summed E-state index contributed by atoms with van der Waals surface area (Å²) in [5.74, 6) is -1.20. The van der Waals surface area contributed by atoms with Gasteiger partial charge in [-0.15, -0.1) is 11.3 Å². The maximum Gasteiger partial charge on any atom is 0.316 e. The predicted octanol–water partition coefficient (Wildman–Crippen LogP) is 2.90. The number of fused-ring (bicyclic) bond motifs is 1. The molecular formula is C19H16N2O5S2. The number of hydrogen-bond donors (Lipinski definition) is 1. The smallest absolute Gasteiger partial charge is 0.316 e. The molecule has 0 saturated carbocycles. The van der Waals surface area contributed by atoms with Crippen molar-refractivity contribution in [3.63, 3.8) is 0 Å². The van der Waals surface area contributed by atoms with E-state index >= 15 is 0 Å². The van der Waals surface area contributed by atoms with Crippen LogP contribution in [0.4, 0.5) is 0 Å². The number of para-hydroxylation sites is 1. The van der Waals surface area contributed by atoms with E-state index in [0.717, 1.165) is 14.6 Å². The number of carbonyl (C=O) groups excluding carboxylic acids is 3. The molecular weight excluding hydrogens is 400 g/mol. The summed E-state index contributed by atoms with van der Waals surface area (Å²) in [5.41, 5.74) is 1.17. The van der Waals surface area contributed by atoms with Crippen molar-refractivity contribution in [3.05, 3.63) is 54.1 Å². The second-order valence-electron chi connectivity index (χ2n) is 5.50. The molecule has 0 spiro atoms. The molecule has 0 bridgehead atoms. The molecule has 28 heavy (non-hydrogen) atoms. The van der Waals surface area contributed by atoms with Gasteiger partial charge in [-0.1, -0.05) is 23.9 Å². The van der Waals surface area contributed by atoms with Crippen LogP contribution >= 0.6 is 23.1 Å². The molecule has 1 aromatic heterocycles. The molecule has 0 saturated heterocycles. The van der Waals surface area contributed by atoms with Gasteiger partial charge in [0.15, 0.2) is 10.9 Å². The van der Waals surface area contributed by atoms with Gasteiger partial charge in [0.2, 0.25) is 0 Å². The van der Waals surface area contributed by atoms with Crippen LogP contribution in [0.5, 0.6) is 5.75 Å². The summed E-state index contributed by atoms with van der Waals surface area (Å²) in [5, 5.41) is 2.17. The van der Waals surface area contributed by atoms with Crippen LogP contribution < -0.4 is 10.1 Å². The van der Waals surface area contributed by atoms with Gasteiger partial charge in [-0.2, -0.15) is 0 Å². The van der Waals surface area contributed by atoms with E-state index in [1.807, 2.05) is 24.3 Å². The minimum atomic E-state index is -0.695. The summed E-state index contributed by atoms with van der Waals surface area (Å²) >= 11 is 2.73. The van der Waals surface area contributed by atoms with Gasteiger partial charge in [0.05, 0.1) is 23.1 Å². The highest BCUT2D eigenvalue weighted by molar-refractivity contribution is 8.01. The molecule has 0 atom stereocenters. The van der Waals surface area contributed by atoms with Crippen LogP contribution in [0.2, 0.25) is 0 Å². The standard InChI is InChI=1S/C19H16N2O5S2/c1-25-13-8-6-12(7-9-13)18(24)21-16(22)10-26-17(23)11-27-19-20-14-4-2-3-5-15(14)28-19/h2-9H,10-11H2,1H3,(H,21,22,24). The summed E-state index contributed by atoms with van der Waals surface area (Å²) in [6, 6.07) is 14.0. The molecule has 0 aliphatic rings. The molecule has 0 radical (unpaired) electrons. The summed E-state index contributed by atoms with van der Waals surface area (Å²) in [6.07, 6.45) is 0. The van der Waals surface area contributed by atoms with Crippen molar-refractivity contribution in [1.82, 2.24) is 10.3 Å². The quantitative estimate of drug-likeness (QED) is 0.467. The van der Waals surface area contributed by atoms with Crippen molar-refractivity contribution < 1.29 is 23.9 Å². The second kappa shape index (κ2) is 9.34. The molecule has 7 nitrogen and oxygen atoms in total. The Balaban J connectivity index is 1.41. The number of ether oxygens (including phenoxy) is 2. The third kappa shape index (κ3) is 5.30. The Hall–Kier alpha value is -2.91. The van der Waals surface area contributed by atoms with Crippen LogP contribution in [0.1, 0.15) is 10.4 Å². The molecule has 0 unspecified atom stereocenters. The van der Waals surface area contributed by atoms with Crippen LogP contribution in [0.25, 0.3) is 10.2 Å². The van der Waals surface area contributed by atoms with Crippen LogP contribution in [0.15, 0.2) is 52.9 Å². The maximum absolute atomic E-state index is 12.0. The minimum absolute atomic E-state index is 0.0273. The lowest BCUT2D eigenvalue weighted by atomic mass is 10.2. The Bertz CT molecular complexity index is 968. The molecule has 1 N–H and O–H groups in total. The number of aromatic nitrogens is 1. The Morgan fingerprint density at radius 1 is 1.11 bits per heavy atom. The normalized spacial score (nSPS) is 10.5. The second-order valence-corrected chi connectivity index (χ2v) is 7.76. The fourth-order valence-electron chi connectivity index (χ4n) is 2.20. The number of rotatable bonds is 7. The highest BCUT2D eigenvalue weighted by Gasteiger charge is 2.14.